The third kappa shape index (κ3) is 2.39. The molecule has 3 rings (SSSR count). The zero-order valence-corrected chi connectivity index (χ0v) is 10.8. The number of hydrogen-bond donors (Lipinski definition) is 2. The van der Waals surface area contributed by atoms with Gasteiger partial charge in [-0.15, -0.1) is 0 Å². The number of carbonyl (C=O) groups excluding carboxylic acids is 1. The van der Waals surface area contributed by atoms with Crippen LogP contribution in [0.4, 0.5) is 4.39 Å². The van der Waals surface area contributed by atoms with E-state index in [1.165, 1.54) is 12.1 Å². The molecule has 1 atom stereocenters. The highest BCUT2D eigenvalue weighted by Gasteiger charge is 2.24. The van der Waals surface area contributed by atoms with E-state index in [1.807, 2.05) is 0 Å². The van der Waals surface area contributed by atoms with E-state index in [2.05, 4.69) is 20.8 Å². The molecule has 6 nitrogen and oxygen atoms in total. The summed E-state index contributed by atoms with van der Waals surface area (Å²) in [5, 5.41) is 9.63. The molecule has 0 bridgehead atoms. The molecule has 1 aliphatic rings. The molecule has 1 unspecified atom stereocenters. The summed E-state index contributed by atoms with van der Waals surface area (Å²) in [4.78, 5) is 15.4. The molecule has 0 radical (unpaired) electrons. The lowest BCUT2D eigenvalue weighted by atomic mass is 10.1. The van der Waals surface area contributed by atoms with Crippen LogP contribution in [0.5, 0.6) is 0 Å². The Kier molecular flexibility index (Phi) is 3.19. The van der Waals surface area contributed by atoms with Crippen LogP contribution in [0.2, 0.25) is 0 Å². The summed E-state index contributed by atoms with van der Waals surface area (Å²) in [5.74, 6) is 0.460. The second-order valence-electron chi connectivity index (χ2n) is 4.65. The van der Waals surface area contributed by atoms with Crippen LogP contribution in [0.15, 0.2) is 22.7 Å². The molecule has 1 aliphatic heterocycles. The number of aryl methyl sites for hydroxylation is 1. The van der Waals surface area contributed by atoms with E-state index in [-0.39, 0.29) is 24.3 Å². The maximum atomic E-state index is 13.1. The van der Waals surface area contributed by atoms with Crippen molar-refractivity contribution in [2.24, 2.45) is 0 Å². The van der Waals surface area contributed by atoms with Gasteiger partial charge in [0.15, 0.2) is 0 Å². The summed E-state index contributed by atoms with van der Waals surface area (Å²) in [6, 6.07) is 4.20. The smallest absolute Gasteiger partial charge is 0.245 e. The van der Waals surface area contributed by atoms with Gasteiger partial charge in [0.2, 0.25) is 17.6 Å². The van der Waals surface area contributed by atoms with E-state index < -0.39 is 0 Å². The molecule has 1 aromatic heterocycles. The summed E-state index contributed by atoms with van der Waals surface area (Å²) in [7, 11) is 0. The van der Waals surface area contributed by atoms with Gasteiger partial charge < -0.3 is 9.84 Å². The fourth-order valence-corrected chi connectivity index (χ4v) is 2.11. The molecule has 7 heteroatoms. The first-order chi connectivity index (χ1) is 9.63. The van der Waals surface area contributed by atoms with Gasteiger partial charge in [0, 0.05) is 12.1 Å². The number of piperazine rings is 1. The van der Waals surface area contributed by atoms with Crippen LogP contribution in [0.1, 0.15) is 17.5 Å². The van der Waals surface area contributed by atoms with Gasteiger partial charge in [-0.2, -0.15) is 4.98 Å². The van der Waals surface area contributed by atoms with Crippen molar-refractivity contribution in [1.82, 2.24) is 20.8 Å². The average Bonchev–Trinajstić information content (AvgIpc) is 2.89. The Morgan fingerprint density at radius 1 is 1.45 bits per heavy atom. The fourth-order valence-electron chi connectivity index (χ4n) is 2.11. The number of carbonyl (C=O) groups is 1. The monoisotopic (exact) mass is 276 g/mol. The van der Waals surface area contributed by atoms with Crippen LogP contribution in [-0.2, 0) is 4.79 Å². The van der Waals surface area contributed by atoms with Crippen LogP contribution >= 0.6 is 0 Å². The highest BCUT2D eigenvalue weighted by atomic mass is 19.1. The summed E-state index contributed by atoms with van der Waals surface area (Å²) in [6.07, 6.45) is 0. The molecule has 0 aliphatic carbocycles. The van der Waals surface area contributed by atoms with Crippen LogP contribution in [-0.4, -0.2) is 29.1 Å². The Morgan fingerprint density at radius 3 is 3.00 bits per heavy atom. The molecule has 0 saturated carbocycles. The Bertz CT molecular complexity index is 646. The SMILES string of the molecule is Cc1cc(F)ccc1-c1noc(C2CNC(=O)CN2)n1. The molecular formula is C13H13FN4O2. The Hall–Kier alpha value is -2.28. The van der Waals surface area contributed by atoms with Gasteiger partial charge >= 0.3 is 0 Å². The first-order valence-electron chi connectivity index (χ1n) is 6.23. The van der Waals surface area contributed by atoms with Crippen LogP contribution in [0.25, 0.3) is 11.4 Å². The first kappa shape index (κ1) is 12.7. The number of halogens is 1. The van der Waals surface area contributed by atoms with Crippen LogP contribution < -0.4 is 10.6 Å². The van der Waals surface area contributed by atoms with Gasteiger partial charge in [0.05, 0.1) is 6.54 Å². The van der Waals surface area contributed by atoms with Gasteiger partial charge in [-0.25, -0.2) is 4.39 Å². The zero-order valence-electron chi connectivity index (χ0n) is 10.8. The normalized spacial score (nSPS) is 18.9. The number of amides is 1. The molecule has 2 heterocycles. The fraction of sp³-hybridized carbons (Fsp3) is 0.308. The summed E-state index contributed by atoms with van der Waals surface area (Å²) in [5.41, 5.74) is 1.46. The van der Waals surface area contributed by atoms with Gasteiger partial charge in [0.25, 0.3) is 0 Å². The largest absolute Gasteiger partial charge is 0.353 e. The standard InChI is InChI=1S/C13H13FN4O2/c1-7-4-8(14)2-3-9(7)12-17-13(20-18-12)10-5-16-11(19)6-15-10/h2-4,10,15H,5-6H2,1H3,(H,16,19). The molecule has 104 valence electrons. The second kappa shape index (κ2) is 5.01. The average molecular weight is 276 g/mol. The van der Waals surface area contributed by atoms with E-state index in [0.717, 1.165) is 11.1 Å². The molecule has 0 spiro atoms. The predicted molar refractivity (Wildman–Crippen MR) is 68.2 cm³/mol. The highest BCUT2D eigenvalue weighted by molar-refractivity contribution is 5.78. The topological polar surface area (TPSA) is 80.0 Å². The summed E-state index contributed by atoms with van der Waals surface area (Å²) >= 11 is 0. The predicted octanol–water partition coefficient (Wildman–Crippen LogP) is 0.945. The molecule has 20 heavy (non-hydrogen) atoms. The molecular weight excluding hydrogens is 263 g/mol. The van der Waals surface area contributed by atoms with Crippen LogP contribution in [0.3, 0.4) is 0 Å². The Labute approximate surface area is 114 Å². The minimum Gasteiger partial charge on any atom is -0.353 e. The van der Waals surface area contributed by atoms with Crippen molar-refractivity contribution in [3.05, 3.63) is 35.5 Å². The van der Waals surface area contributed by atoms with Crippen LogP contribution in [0, 0.1) is 12.7 Å². The third-order valence-corrected chi connectivity index (χ3v) is 3.18. The highest BCUT2D eigenvalue weighted by Crippen LogP contribution is 2.23. The second-order valence-corrected chi connectivity index (χ2v) is 4.65. The zero-order chi connectivity index (χ0) is 14.1. The van der Waals surface area contributed by atoms with Gasteiger partial charge in [-0.1, -0.05) is 5.16 Å². The number of hydrogen-bond acceptors (Lipinski definition) is 5. The van der Waals surface area contributed by atoms with E-state index in [4.69, 9.17) is 4.52 Å². The lowest BCUT2D eigenvalue weighted by Gasteiger charge is -2.20. The molecule has 1 saturated heterocycles. The van der Waals surface area contributed by atoms with Gasteiger partial charge in [-0.05, 0) is 30.7 Å². The molecule has 1 aromatic carbocycles. The van der Waals surface area contributed by atoms with Crippen molar-refractivity contribution >= 4 is 5.91 Å². The van der Waals surface area contributed by atoms with E-state index in [9.17, 15) is 9.18 Å². The Morgan fingerprint density at radius 2 is 2.30 bits per heavy atom. The lowest BCUT2D eigenvalue weighted by molar-refractivity contribution is -0.121. The maximum Gasteiger partial charge on any atom is 0.245 e. The number of benzene rings is 1. The third-order valence-electron chi connectivity index (χ3n) is 3.18. The number of nitrogens with one attached hydrogen (secondary N) is 2. The first-order valence-corrected chi connectivity index (χ1v) is 6.23. The lowest BCUT2D eigenvalue weighted by Crippen LogP contribution is -2.47. The van der Waals surface area contributed by atoms with Gasteiger partial charge in [-0.3, -0.25) is 10.1 Å². The maximum absolute atomic E-state index is 13.1. The van der Waals surface area contributed by atoms with Crippen molar-refractivity contribution in [2.45, 2.75) is 13.0 Å². The molecule has 1 amide bonds. The van der Waals surface area contributed by atoms with Crippen molar-refractivity contribution in [3.63, 3.8) is 0 Å². The number of nitrogens with zero attached hydrogens (tertiary/aromatic N) is 2. The van der Waals surface area contributed by atoms with E-state index >= 15 is 0 Å². The van der Waals surface area contributed by atoms with E-state index in [0.29, 0.717) is 18.3 Å². The van der Waals surface area contributed by atoms with Crippen molar-refractivity contribution in [1.29, 1.82) is 0 Å². The quantitative estimate of drug-likeness (QED) is 0.853. The molecule has 2 aromatic rings. The minimum absolute atomic E-state index is 0.0598. The number of rotatable bonds is 2. The molecule has 2 N–H and O–H groups in total. The van der Waals surface area contributed by atoms with E-state index in [1.54, 1.807) is 13.0 Å². The summed E-state index contributed by atoms with van der Waals surface area (Å²) < 4.78 is 18.3. The van der Waals surface area contributed by atoms with Crippen molar-refractivity contribution in [2.75, 3.05) is 13.1 Å². The van der Waals surface area contributed by atoms with Crippen molar-refractivity contribution < 1.29 is 13.7 Å². The van der Waals surface area contributed by atoms with Gasteiger partial charge in [0.1, 0.15) is 11.9 Å². The van der Waals surface area contributed by atoms with Crippen molar-refractivity contribution in [3.8, 4) is 11.4 Å². The summed E-state index contributed by atoms with van der Waals surface area (Å²) in [6.45, 7) is 2.41. The number of aromatic nitrogens is 2. The minimum atomic E-state index is -0.299. The Balaban J connectivity index is 1.84. The molecule has 1 fully saturated rings.